The summed E-state index contributed by atoms with van der Waals surface area (Å²) in [6, 6.07) is 4.62. The van der Waals surface area contributed by atoms with Crippen molar-refractivity contribution in [2.45, 2.75) is 39.2 Å². The zero-order chi connectivity index (χ0) is 17.1. The van der Waals surface area contributed by atoms with E-state index in [0.717, 1.165) is 37.2 Å². The fourth-order valence-electron chi connectivity index (χ4n) is 2.82. The highest BCUT2D eigenvalue weighted by Crippen LogP contribution is 2.26. The van der Waals surface area contributed by atoms with E-state index in [4.69, 9.17) is 5.73 Å². The summed E-state index contributed by atoms with van der Waals surface area (Å²) in [5.74, 6) is 0.529. The van der Waals surface area contributed by atoms with Crippen LogP contribution in [0.5, 0.6) is 0 Å². The number of amides is 1. The van der Waals surface area contributed by atoms with Gasteiger partial charge in [0.1, 0.15) is 11.6 Å². The number of aromatic nitrogens is 3. The van der Waals surface area contributed by atoms with Crippen LogP contribution in [0.4, 0.5) is 10.1 Å². The number of nitrogens with two attached hydrogens (primary N) is 1. The summed E-state index contributed by atoms with van der Waals surface area (Å²) in [4.78, 5) is 12.0. The Morgan fingerprint density at radius 2 is 2.21 bits per heavy atom. The lowest BCUT2D eigenvalue weighted by molar-refractivity contribution is -0.119. The molecule has 24 heavy (non-hydrogen) atoms. The molecular formula is C17H22FN5O. The molecule has 0 bridgehead atoms. The zero-order valence-electron chi connectivity index (χ0n) is 13.8. The number of rotatable bonds is 4. The first-order valence-corrected chi connectivity index (χ1v) is 8.33. The molecule has 1 aliphatic rings. The van der Waals surface area contributed by atoms with Gasteiger partial charge in [-0.05, 0) is 31.0 Å². The van der Waals surface area contributed by atoms with Crippen molar-refractivity contribution < 1.29 is 9.18 Å². The summed E-state index contributed by atoms with van der Waals surface area (Å²) < 4.78 is 16.1. The third kappa shape index (κ3) is 3.31. The van der Waals surface area contributed by atoms with Crippen molar-refractivity contribution in [1.29, 1.82) is 0 Å². The first-order valence-electron chi connectivity index (χ1n) is 8.33. The minimum Gasteiger partial charge on any atom is -0.330 e. The van der Waals surface area contributed by atoms with Gasteiger partial charge in [-0.1, -0.05) is 13.3 Å². The van der Waals surface area contributed by atoms with Gasteiger partial charge in [-0.2, -0.15) is 0 Å². The van der Waals surface area contributed by atoms with Crippen LogP contribution < -0.4 is 11.1 Å². The standard InChI is InChI=1S/C17H22FN5O/c1-11(10-19)17(24)20-14-9-12(6-7-13(14)18)16-22-21-15-5-3-2-4-8-23(15)16/h6-7,9,11H,2-5,8,10,19H2,1H3,(H,20,24). The predicted molar refractivity (Wildman–Crippen MR) is 89.8 cm³/mol. The van der Waals surface area contributed by atoms with E-state index in [2.05, 4.69) is 20.1 Å². The molecule has 1 aliphatic heterocycles. The van der Waals surface area contributed by atoms with Crippen LogP contribution in [0.3, 0.4) is 0 Å². The maximum absolute atomic E-state index is 14.1. The fourth-order valence-corrected chi connectivity index (χ4v) is 2.82. The van der Waals surface area contributed by atoms with Crippen molar-refractivity contribution in [1.82, 2.24) is 14.8 Å². The molecule has 1 aromatic carbocycles. The van der Waals surface area contributed by atoms with E-state index in [0.29, 0.717) is 5.82 Å². The third-order valence-corrected chi connectivity index (χ3v) is 4.39. The average molecular weight is 331 g/mol. The lowest BCUT2D eigenvalue weighted by atomic mass is 10.1. The Labute approximate surface area is 140 Å². The summed E-state index contributed by atoms with van der Waals surface area (Å²) in [6.07, 6.45) is 4.27. The Morgan fingerprint density at radius 3 is 3.00 bits per heavy atom. The summed E-state index contributed by atoms with van der Waals surface area (Å²) in [6.45, 7) is 2.78. The van der Waals surface area contributed by atoms with Crippen LogP contribution >= 0.6 is 0 Å². The quantitative estimate of drug-likeness (QED) is 0.900. The number of halogens is 1. The van der Waals surface area contributed by atoms with Crippen molar-refractivity contribution in [3.05, 3.63) is 29.8 Å². The number of carbonyl (C=O) groups is 1. The number of nitrogens with one attached hydrogen (secondary N) is 1. The van der Waals surface area contributed by atoms with Crippen molar-refractivity contribution in [2.75, 3.05) is 11.9 Å². The lowest BCUT2D eigenvalue weighted by Gasteiger charge is -2.12. The van der Waals surface area contributed by atoms with Crippen LogP contribution in [-0.4, -0.2) is 27.2 Å². The SMILES string of the molecule is CC(CN)C(=O)Nc1cc(-c2nnc3n2CCCCC3)ccc1F. The van der Waals surface area contributed by atoms with Gasteiger partial charge in [-0.3, -0.25) is 4.79 Å². The average Bonchev–Trinajstić information content (AvgIpc) is 2.84. The van der Waals surface area contributed by atoms with E-state index >= 15 is 0 Å². The summed E-state index contributed by atoms with van der Waals surface area (Å²) >= 11 is 0. The maximum atomic E-state index is 14.1. The molecule has 128 valence electrons. The van der Waals surface area contributed by atoms with Crippen LogP contribution in [0, 0.1) is 11.7 Å². The second-order valence-corrected chi connectivity index (χ2v) is 6.22. The number of benzene rings is 1. The highest BCUT2D eigenvalue weighted by Gasteiger charge is 2.18. The van der Waals surface area contributed by atoms with Gasteiger partial charge in [-0.15, -0.1) is 10.2 Å². The van der Waals surface area contributed by atoms with Gasteiger partial charge in [-0.25, -0.2) is 4.39 Å². The van der Waals surface area contributed by atoms with E-state index in [9.17, 15) is 9.18 Å². The minimum absolute atomic E-state index is 0.142. The Balaban J connectivity index is 1.91. The molecule has 1 unspecified atom stereocenters. The van der Waals surface area contributed by atoms with E-state index < -0.39 is 5.82 Å². The molecular weight excluding hydrogens is 309 g/mol. The minimum atomic E-state index is -0.480. The van der Waals surface area contributed by atoms with Gasteiger partial charge in [0.25, 0.3) is 0 Å². The Bertz CT molecular complexity index is 743. The molecule has 2 aromatic rings. The van der Waals surface area contributed by atoms with Gasteiger partial charge in [0.2, 0.25) is 5.91 Å². The first-order chi connectivity index (χ1) is 11.6. The Kier molecular flexibility index (Phi) is 4.89. The number of anilines is 1. The Morgan fingerprint density at radius 1 is 1.38 bits per heavy atom. The number of hydrogen-bond acceptors (Lipinski definition) is 4. The van der Waals surface area contributed by atoms with Crippen LogP contribution in [-0.2, 0) is 17.8 Å². The molecule has 0 aliphatic carbocycles. The van der Waals surface area contributed by atoms with Crippen LogP contribution in [0.25, 0.3) is 11.4 Å². The van der Waals surface area contributed by atoms with Gasteiger partial charge >= 0.3 is 0 Å². The third-order valence-electron chi connectivity index (χ3n) is 4.39. The monoisotopic (exact) mass is 331 g/mol. The first kappa shape index (κ1) is 16.6. The van der Waals surface area contributed by atoms with Gasteiger partial charge in [0.15, 0.2) is 5.82 Å². The number of fused-ring (bicyclic) bond motifs is 1. The molecule has 7 heteroatoms. The highest BCUT2D eigenvalue weighted by atomic mass is 19.1. The largest absolute Gasteiger partial charge is 0.330 e. The summed E-state index contributed by atoms with van der Waals surface area (Å²) in [5.41, 5.74) is 6.37. The molecule has 1 aromatic heterocycles. The van der Waals surface area contributed by atoms with Gasteiger partial charge < -0.3 is 15.6 Å². The molecule has 6 nitrogen and oxygen atoms in total. The predicted octanol–water partition coefficient (Wildman–Crippen LogP) is 2.34. The Hall–Kier alpha value is -2.28. The van der Waals surface area contributed by atoms with E-state index in [1.54, 1.807) is 19.1 Å². The molecule has 0 saturated carbocycles. The highest BCUT2D eigenvalue weighted by molar-refractivity contribution is 5.93. The van der Waals surface area contributed by atoms with Crippen molar-refractivity contribution in [2.24, 2.45) is 11.7 Å². The molecule has 0 radical (unpaired) electrons. The number of aryl methyl sites for hydroxylation is 1. The molecule has 3 rings (SSSR count). The van der Waals surface area contributed by atoms with Crippen molar-refractivity contribution >= 4 is 11.6 Å². The molecule has 0 fully saturated rings. The van der Waals surface area contributed by atoms with E-state index in [-0.39, 0.29) is 24.1 Å². The van der Waals surface area contributed by atoms with Crippen molar-refractivity contribution in [3.8, 4) is 11.4 Å². The lowest BCUT2D eigenvalue weighted by Crippen LogP contribution is -2.27. The zero-order valence-corrected chi connectivity index (χ0v) is 13.8. The molecule has 1 amide bonds. The summed E-state index contributed by atoms with van der Waals surface area (Å²) in [5, 5.41) is 11.1. The normalized spacial score (nSPS) is 15.5. The number of nitrogens with zero attached hydrogens (tertiary/aromatic N) is 3. The van der Waals surface area contributed by atoms with Gasteiger partial charge in [0, 0.05) is 31.0 Å². The molecule has 0 spiro atoms. The van der Waals surface area contributed by atoms with E-state index in [1.807, 2.05) is 0 Å². The van der Waals surface area contributed by atoms with Crippen LogP contribution in [0.1, 0.15) is 32.0 Å². The second kappa shape index (κ2) is 7.09. The fraction of sp³-hybridized carbons (Fsp3) is 0.471. The van der Waals surface area contributed by atoms with Crippen molar-refractivity contribution in [3.63, 3.8) is 0 Å². The maximum Gasteiger partial charge on any atom is 0.228 e. The molecule has 2 heterocycles. The van der Waals surface area contributed by atoms with E-state index in [1.165, 1.54) is 12.5 Å². The smallest absolute Gasteiger partial charge is 0.228 e. The van der Waals surface area contributed by atoms with Gasteiger partial charge in [0.05, 0.1) is 5.69 Å². The van der Waals surface area contributed by atoms with Crippen LogP contribution in [0.15, 0.2) is 18.2 Å². The second-order valence-electron chi connectivity index (χ2n) is 6.22. The number of hydrogen-bond donors (Lipinski definition) is 2. The molecule has 3 N–H and O–H groups in total. The van der Waals surface area contributed by atoms with Crippen LogP contribution in [0.2, 0.25) is 0 Å². The number of carbonyl (C=O) groups excluding carboxylic acids is 1. The molecule has 0 saturated heterocycles. The topological polar surface area (TPSA) is 85.8 Å². The molecule has 1 atom stereocenters. The summed E-state index contributed by atoms with van der Waals surface area (Å²) in [7, 11) is 0.